The van der Waals surface area contributed by atoms with E-state index in [0.29, 0.717) is 0 Å². The number of rotatable bonds is 10. The molecule has 0 saturated heterocycles. The van der Waals surface area contributed by atoms with Crippen LogP contribution in [-0.4, -0.2) is 14.9 Å². The molecule has 0 aromatic carbocycles. The Balaban J connectivity index is 3.80. The van der Waals surface area contributed by atoms with Gasteiger partial charge in [0.2, 0.25) is 0 Å². The normalized spacial score (nSPS) is 14.1. The second kappa shape index (κ2) is 9.23. The molecule has 98 valence electrons. The summed E-state index contributed by atoms with van der Waals surface area (Å²) in [5.41, 5.74) is 0. The highest BCUT2D eigenvalue weighted by atomic mass is 28.4. The van der Waals surface area contributed by atoms with Gasteiger partial charge in [0.1, 0.15) is 0 Å². The third-order valence-corrected chi connectivity index (χ3v) is 5.89. The fraction of sp³-hybridized carbons (Fsp3) is 1.00. The monoisotopic (exact) mass is 244 g/mol. The van der Waals surface area contributed by atoms with Gasteiger partial charge in [0.15, 0.2) is 8.32 Å². The summed E-state index contributed by atoms with van der Waals surface area (Å²) in [4.78, 5) is 0. The first-order chi connectivity index (χ1) is 7.55. The van der Waals surface area contributed by atoms with E-state index >= 15 is 0 Å². The van der Waals surface area contributed by atoms with Crippen molar-refractivity contribution in [1.29, 1.82) is 0 Å². The highest BCUT2D eigenvalue weighted by Gasteiger charge is 2.22. The number of hydrogen-bond acceptors (Lipinski definition) is 1. The third-order valence-electron chi connectivity index (χ3n) is 3.39. The van der Waals surface area contributed by atoms with Crippen LogP contribution < -0.4 is 0 Å². The molecule has 1 unspecified atom stereocenters. The first-order valence-corrected chi connectivity index (χ1v) is 10.3. The molecule has 0 aliphatic carbocycles. The summed E-state index contributed by atoms with van der Waals surface area (Å²) in [7, 11) is -1.34. The Kier molecular flexibility index (Phi) is 9.33. The molecule has 0 saturated carbocycles. The van der Waals surface area contributed by atoms with E-state index < -0.39 is 8.32 Å². The standard InChI is InChI=1S/C14H32OSi/c1-6-9-11-14(8-3)13-15-16(4,5)12-10-7-2/h14H,6-13H2,1-5H3. The summed E-state index contributed by atoms with van der Waals surface area (Å²) in [6.45, 7) is 12.6. The molecule has 0 fully saturated rings. The Morgan fingerprint density at radius 3 is 2.12 bits per heavy atom. The van der Waals surface area contributed by atoms with Gasteiger partial charge in [0, 0.05) is 6.61 Å². The van der Waals surface area contributed by atoms with Crippen molar-refractivity contribution in [1.82, 2.24) is 0 Å². The molecule has 0 amide bonds. The zero-order valence-electron chi connectivity index (χ0n) is 12.1. The van der Waals surface area contributed by atoms with Crippen LogP contribution in [0.1, 0.15) is 59.3 Å². The lowest BCUT2D eigenvalue weighted by molar-refractivity contribution is 0.224. The van der Waals surface area contributed by atoms with Gasteiger partial charge in [-0.25, -0.2) is 0 Å². The Morgan fingerprint density at radius 1 is 1.00 bits per heavy atom. The molecule has 1 atom stereocenters. The Labute approximate surface area is 104 Å². The van der Waals surface area contributed by atoms with Crippen molar-refractivity contribution in [3.8, 4) is 0 Å². The average Bonchev–Trinajstić information content (AvgIpc) is 2.27. The van der Waals surface area contributed by atoms with Crippen LogP contribution in [0.15, 0.2) is 0 Å². The van der Waals surface area contributed by atoms with E-state index in [1.165, 1.54) is 44.6 Å². The van der Waals surface area contributed by atoms with Crippen LogP contribution in [-0.2, 0) is 4.43 Å². The Morgan fingerprint density at radius 2 is 1.62 bits per heavy atom. The minimum atomic E-state index is -1.34. The Bertz CT molecular complexity index is 157. The SMILES string of the molecule is CCCCC(CC)CO[Si](C)(C)CCCC. The van der Waals surface area contributed by atoms with Crippen molar-refractivity contribution in [3.05, 3.63) is 0 Å². The van der Waals surface area contributed by atoms with E-state index in [9.17, 15) is 0 Å². The van der Waals surface area contributed by atoms with Crippen molar-refractivity contribution >= 4 is 8.32 Å². The molecule has 0 heterocycles. The lowest BCUT2D eigenvalue weighted by Crippen LogP contribution is -2.32. The molecule has 2 heteroatoms. The molecule has 0 aliphatic heterocycles. The minimum Gasteiger partial charge on any atom is -0.417 e. The lowest BCUT2D eigenvalue weighted by Gasteiger charge is -2.26. The highest BCUT2D eigenvalue weighted by molar-refractivity contribution is 6.71. The lowest BCUT2D eigenvalue weighted by atomic mass is 10.0. The molecule has 1 nitrogen and oxygen atoms in total. The van der Waals surface area contributed by atoms with Crippen molar-refractivity contribution < 1.29 is 4.43 Å². The first-order valence-electron chi connectivity index (χ1n) is 7.19. The maximum atomic E-state index is 6.22. The summed E-state index contributed by atoms with van der Waals surface area (Å²) in [6.07, 6.45) is 7.94. The largest absolute Gasteiger partial charge is 0.417 e. The summed E-state index contributed by atoms with van der Waals surface area (Å²) in [5, 5.41) is 0. The van der Waals surface area contributed by atoms with Crippen LogP contribution >= 0.6 is 0 Å². The van der Waals surface area contributed by atoms with Crippen molar-refractivity contribution in [3.63, 3.8) is 0 Å². The molecule has 0 aromatic rings. The van der Waals surface area contributed by atoms with Crippen LogP contribution in [0.2, 0.25) is 19.1 Å². The molecular weight excluding hydrogens is 212 g/mol. The fourth-order valence-corrected chi connectivity index (χ4v) is 3.95. The van der Waals surface area contributed by atoms with Gasteiger partial charge in [0.05, 0.1) is 0 Å². The molecule has 0 radical (unpaired) electrons. The molecule has 0 aromatic heterocycles. The predicted molar refractivity (Wildman–Crippen MR) is 76.5 cm³/mol. The first kappa shape index (κ1) is 16.2. The summed E-state index contributed by atoms with van der Waals surface area (Å²) in [6, 6.07) is 1.33. The maximum absolute atomic E-state index is 6.22. The molecule has 0 spiro atoms. The van der Waals surface area contributed by atoms with E-state index in [1.807, 2.05) is 0 Å². The van der Waals surface area contributed by atoms with E-state index in [2.05, 4.69) is 33.9 Å². The summed E-state index contributed by atoms with van der Waals surface area (Å²) >= 11 is 0. The summed E-state index contributed by atoms with van der Waals surface area (Å²) in [5.74, 6) is 0.799. The fourth-order valence-electron chi connectivity index (χ4n) is 1.92. The van der Waals surface area contributed by atoms with Crippen molar-refractivity contribution in [2.45, 2.75) is 78.4 Å². The van der Waals surface area contributed by atoms with Crippen LogP contribution in [0.5, 0.6) is 0 Å². The quantitative estimate of drug-likeness (QED) is 0.478. The molecule has 0 N–H and O–H groups in total. The smallest absolute Gasteiger partial charge is 0.186 e. The van der Waals surface area contributed by atoms with Crippen LogP contribution in [0.25, 0.3) is 0 Å². The molecule has 0 rings (SSSR count). The van der Waals surface area contributed by atoms with Crippen LogP contribution in [0, 0.1) is 5.92 Å². The van der Waals surface area contributed by atoms with Crippen molar-refractivity contribution in [2.24, 2.45) is 5.92 Å². The number of unbranched alkanes of at least 4 members (excludes halogenated alkanes) is 2. The van der Waals surface area contributed by atoms with E-state index in [0.717, 1.165) is 12.5 Å². The zero-order chi connectivity index (χ0) is 12.4. The molecule has 16 heavy (non-hydrogen) atoms. The minimum absolute atomic E-state index is 0.799. The van der Waals surface area contributed by atoms with Crippen LogP contribution in [0.3, 0.4) is 0 Å². The van der Waals surface area contributed by atoms with Gasteiger partial charge in [-0.2, -0.15) is 0 Å². The van der Waals surface area contributed by atoms with E-state index in [-0.39, 0.29) is 0 Å². The van der Waals surface area contributed by atoms with Gasteiger partial charge in [-0.15, -0.1) is 0 Å². The third kappa shape index (κ3) is 8.34. The van der Waals surface area contributed by atoms with Gasteiger partial charge in [-0.05, 0) is 31.5 Å². The van der Waals surface area contributed by atoms with Gasteiger partial charge >= 0.3 is 0 Å². The van der Waals surface area contributed by atoms with Crippen LogP contribution in [0.4, 0.5) is 0 Å². The average molecular weight is 244 g/mol. The van der Waals surface area contributed by atoms with Gasteiger partial charge in [-0.3, -0.25) is 0 Å². The van der Waals surface area contributed by atoms with E-state index in [4.69, 9.17) is 4.43 Å². The number of hydrogen-bond donors (Lipinski definition) is 0. The molecular formula is C14H32OSi. The second-order valence-electron chi connectivity index (χ2n) is 5.59. The maximum Gasteiger partial charge on any atom is 0.186 e. The van der Waals surface area contributed by atoms with Gasteiger partial charge in [0.25, 0.3) is 0 Å². The Hall–Kier alpha value is 0.177. The highest BCUT2D eigenvalue weighted by Crippen LogP contribution is 2.19. The molecule has 0 aliphatic rings. The van der Waals surface area contributed by atoms with Crippen molar-refractivity contribution in [2.75, 3.05) is 6.61 Å². The predicted octanol–water partition coefficient (Wildman–Crippen LogP) is 5.22. The summed E-state index contributed by atoms with van der Waals surface area (Å²) < 4.78 is 6.22. The van der Waals surface area contributed by atoms with Gasteiger partial charge in [-0.1, -0.05) is 52.9 Å². The topological polar surface area (TPSA) is 9.23 Å². The molecule has 0 bridgehead atoms. The second-order valence-corrected chi connectivity index (χ2v) is 9.90. The zero-order valence-corrected chi connectivity index (χ0v) is 13.1. The van der Waals surface area contributed by atoms with E-state index in [1.54, 1.807) is 0 Å². The van der Waals surface area contributed by atoms with Gasteiger partial charge < -0.3 is 4.43 Å².